The van der Waals surface area contributed by atoms with E-state index in [4.69, 9.17) is 4.74 Å². The van der Waals surface area contributed by atoms with Gasteiger partial charge in [0.1, 0.15) is 5.60 Å². The fraction of sp³-hybridized carbons (Fsp3) is 0.750. The zero-order valence-electron chi connectivity index (χ0n) is 12.5. The lowest BCUT2D eigenvalue weighted by atomic mass is 10.0. The zero-order valence-corrected chi connectivity index (χ0v) is 12.5. The minimum absolute atomic E-state index is 0.110. The standard InChI is InChI=1S/C16H26O3/c1-16(2,3)19-15(18)12-7-5-4-6-9-13-10-8-11-14(13)17/h10H,4-9,11-12H2,1-3H3. The van der Waals surface area contributed by atoms with E-state index in [1.54, 1.807) is 0 Å². The summed E-state index contributed by atoms with van der Waals surface area (Å²) >= 11 is 0. The summed E-state index contributed by atoms with van der Waals surface area (Å²) in [4.78, 5) is 22.9. The van der Waals surface area contributed by atoms with Crippen molar-refractivity contribution >= 4 is 11.8 Å². The van der Waals surface area contributed by atoms with Gasteiger partial charge < -0.3 is 4.74 Å². The number of carbonyl (C=O) groups is 2. The van der Waals surface area contributed by atoms with Gasteiger partial charge in [0.2, 0.25) is 0 Å². The summed E-state index contributed by atoms with van der Waals surface area (Å²) in [7, 11) is 0. The Morgan fingerprint density at radius 2 is 1.89 bits per heavy atom. The summed E-state index contributed by atoms with van der Waals surface area (Å²) in [6.45, 7) is 5.66. The van der Waals surface area contributed by atoms with Crippen LogP contribution in [-0.2, 0) is 14.3 Å². The largest absolute Gasteiger partial charge is 0.460 e. The van der Waals surface area contributed by atoms with E-state index in [1.165, 1.54) is 0 Å². The predicted octanol–water partition coefficient (Wildman–Crippen LogP) is 3.96. The topological polar surface area (TPSA) is 43.4 Å². The smallest absolute Gasteiger partial charge is 0.306 e. The highest BCUT2D eigenvalue weighted by Crippen LogP contribution is 2.20. The molecule has 1 rings (SSSR count). The highest BCUT2D eigenvalue weighted by molar-refractivity contribution is 5.97. The molecule has 0 N–H and O–H groups in total. The number of hydrogen-bond donors (Lipinski definition) is 0. The van der Waals surface area contributed by atoms with Gasteiger partial charge in [0.25, 0.3) is 0 Å². The first kappa shape index (κ1) is 15.9. The lowest BCUT2D eigenvalue weighted by Crippen LogP contribution is -2.23. The van der Waals surface area contributed by atoms with Crippen LogP contribution in [0.1, 0.15) is 72.1 Å². The van der Waals surface area contributed by atoms with E-state index in [1.807, 2.05) is 20.8 Å². The second-order valence-electron chi connectivity index (χ2n) is 6.19. The number of allylic oxidation sites excluding steroid dienone is 2. The molecule has 0 bridgehead atoms. The van der Waals surface area contributed by atoms with Crippen LogP contribution in [0.3, 0.4) is 0 Å². The molecule has 0 aliphatic heterocycles. The second kappa shape index (κ2) is 7.46. The summed E-state index contributed by atoms with van der Waals surface area (Å²) in [5, 5.41) is 0. The van der Waals surface area contributed by atoms with Gasteiger partial charge in [-0.2, -0.15) is 0 Å². The molecule has 1 aliphatic carbocycles. The number of esters is 1. The third-order valence-electron chi connectivity index (χ3n) is 3.12. The number of carbonyl (C=O) groups excluding carboxylic acids is 2. The van der Waals surface area contributed by atoms with Crippen molar-refractivity contribution in [1.82, 2.24) is 0 Å². The predicted molar refractivity (Wildman–Crippen MR) is 75.9 cm³/mol. The maximum atomic E-state index is 11.5. The van der Waals surface area contributed by atoms with Crippen LogP contribution < -0.4 is 0 Å². The molecule has 0 heterocycles. The average Bonchev–Trinajstić information content (AvgIpc) is 2.67. The molecular formula is C16H26O3. The number of Topliss-reactive ketones (excluding diaryl/α,β-unsaturated/α-hetero) is 1. The number of ketones is 1. The Morgan fingerprint density at radius 3 is 2.47 bits per heavy atom. The quantitative estimate of drug-likeness (QED) is 0.517. The molecule has 0 saturated heterocycles. The molecule has 0 unspecified atom stereocenters. The Morgan fingerprint density at radius 1 is 1.21 bits per heavy atom. The highest BCUT2D eigenvalue weighted by Gasteiger charge is 2.16. The van der Waals surface area contributed by atoms with Gasteiger partial charge in [-0.15, -0.1) is 0 Å². The molecule has 19 heavy (non-hydrogen) atoms. The van der Waals surface area contributed by atoms with Crippen molar-refractivity contribution in [2.75, 3.05) is 0 Å². The Balaban J connectivity index is 1.99. The molecule has 3 nitrogen and oxygen atoms in total. The van der Waals surface area contributed by atoms with Gasteiger partial charge in [-0.25, -0.2) is 0 Å². The second-order valence-corrected chi connectivity index (χ2v) is 6.19. The highest BCUT2D eigenvalue weighted by atomic mass is 16.6. The van der Waals surface area contributed by atoms with Gasteiger partial charge >= 0.3 is 5.97 Å². The van der Waals surface area contributed by atoms with Gasteiger partial charge in [0.15, 0.2) is 5.78 Å². The Labute approximate surface area is 116 Å². The number of hydrogen-bond acceptors (Lipinski definition) is 3. The maximum Gasteiger partial charge on any atom is 0.306 e. The minimum atomic E-state index is -0.383. The lowest BCUT2D eigenvalue weighted by Gasteiger charge is -2.19. The number of unbranched alkanes of at least 4 members (excludes halogenated alkanes) is 3. The maximum absolute atomic E-state index is 11.5. The molecule has 1 aliphatic rings. The van der Waals surface area contributed by atoms with Crippen molar-refractivity contribution in [3.8, 4) is 0 Å². The first-order chi connectivity index (χ1) is 8.88. The van der Waals surface area contributed by atoms with Crippen molar-refractivity contribution < 1.29 is 14.3 Å². The van der Waals surface area contributed by atoms with Crippen molar-refractivity contribution in [2.45, 2.75) is 77.7 Å². The van der Waals surface area contributed by atoms with Gasteiger partial charge in [-0.05, 0) is 52.0 Å². The van der Waals surface area contributed by atoms with Crippen LogP contribution >= 0.6 is 0 Å². The number of rotatable bonds is 7. The SMILES string of the molecule is CC(C)(C)OC(=O)CCCCCCC1=CCCC1=O. The third kappa shape index (κ3) is 7.14. The Hall–Kier alpha value is -1.12. The normalized spacial score (nSPS) is 15.5. The molecule has 0 saturated carbocycles. The van der Waals surface area contributed by atoms with Crippen LogP contribution in [0.15, 0.2) is 11.6 Å². The summed E-state index contributed by atoms with van der Waals surface area (Å²) in [6, 6.07) is 0. The fourth-order valence-electron chi connectivity index (χ4n) is 2.22. The summed E-state index contributed by atoms with van der Waals surface area (Å²) in [5.74, 6) is 0.218. The van der Waals surface area contributed by atoms with E-state index in [0.29, 0.717) is 18.6 Å². The lowest BCUT2D eigenvalue weighted by molar-refractivity contribution is -0.154. The van der Waals surface area contributed by atoms with Crippen LogP contribution in [0, 0.1) is 0 Å². The third-order valence-corrected chi connectivity index (χ3v) is 3.12. The van der Waals surface area contributed by atoms with Crippen LogP contribution in [0.25, 0.3) is 0 Å². The Bertz CT molecular complexity index is 347. The molecule has 0 aromatic carbocycles. The van der Waals surface area contributed by atoms with Crippen molar-refractivity contribution in [3.05, 3.63) is 11.6 Å². The Kier molecular flexibility index (Phi) is 6.26. The van der Waals surface area contributed by atoms with E-state index >= 15 is 0 Å². The molecule has 0 aromatic heterocycles. The van der Waals surface area contributed by atoms with Crippen LogP contribution in [0.2, 0.25) is 0 Å². The average molecular weight is 266 g/mol. The molecule has 0 atom stereocenters. The molecule has 0 fully saturated rings. The molecule has 0 amide bonds. The van der Waals surface area contributed by atoms with Crippen molar-refractivity contribution in [1.29, 1.82) is 0 Å². The molecule has 108 valence electrons. The molecular weight excluding hydrogens is 240 g/mol. The van der Waals surface area contributed by atoms with E-state index in [2.05, 4.69) is 6.08 Å². The number of ether oxygens (including phenoxy) is 1. The summed E-state index contributed by atoms with van der Waals surface area (Å²) in [5.41, 5.74) is 0.638. The van der Waals surface area contributed by atoms with Gasteiger partial charge in [-0.3, -0.25) is 9.59 Å². The van der Waals surface area contributed by atoms with Crippen LogP contribution in [0.5, 0.6) is 0 Å². The van der Waals surface area contributed by atoms with Crippen LogP contribution in [-0.4, -0.2) is 17.4 Å². The first-order valence-corrected chi connectivity index (χ1v) is 7.32. The van der Waals surface area contributed by atoms with E-state index in [-0.39, 0.29) is 11.6 Å². The monoisotopic (exact) mass is 266 g/mol. The van der Waals surface area contributed by atoms with Gasteiger partial charge in [0.05, 0.1) is 0 Å². The first-order valence-electron chi connectivity index (χ1n) is 7.32. The molecule has 0 spiro atoms. The van der Waals surface area contributed by atoms with Crippen molar-refractivity contribution in [3.63, 3.8) is 0 Å². The molecule has 0 aromatic rings. The zero-order chi connectivity index (χ0) is 14.3. The van der Waals surface area contributed by atoms with E-state index < -0.39 is 0 Å². The van der Waals surface area contributed by atoms with Crippen LogP contribution in [0.4, 0.5) is 0 Å². The summed E-state index contributed by atoms with van der Waals surface area (Å²) in [6.07, 6.45) is 9.13. The van der Waals surface area contributed by atoms with E-state index in [0.717, 1.165) is 44.1 Å². The minimum Gasteiger partial charge on any atom is -0.460 e. The molecule has 0 radical (unpaired) electrons. The summed E-state index contributed by atoms with van der Waals surface area (Å²) < 4.78 is 5.25. The van der Waals surface area contributed by atoms with Crippen molar-refractivity contribution in [2.24, 2.45) is 0 Å². The van der Waals surface area contributed by atoms with Gasteiger partial charge in [-0.1, -0.05) is 18.9 Å². The molecule has 3 heteroatoms. The van der Waals surface area contributed by atoms with E-state index in [9.17, 15) is 9.59 Å². The van der Waals surface area contributed by atoms with Gasteiger partial charge in [0, 0.05) is 12.8 Å². The fourth-order valence-corrected chi connectivity index (χ4v) is 2.22.